The van der Waals surface area contributed by atoms with E-state index in [2.05, 4.69) is 15.0 Å². The average Bonchev–Trinajstić information content (AvgIpc) is 2.95. The van der Waals surface area contributed by atoms with Crippen LogP contribution in [0.2, 0.25) is 0 Å². The Morgan fingerprint density at radius 1 is 1.25 bits per heavy atom. The van der Waals surface area contributed by atoms with Gasteiger partial charge in [-0.15, -0.1) is 0 Å². The van der Waals surface area contributed by atoms with Gasteiger partial charge in [0, 0.05) is 19.2 Å². The summed E-state index contributed by atoms with van der Waals surface area (Å²) in [6.07, 6.45) is 4.10. The lowest BCUT2D eigenvalue weighted by Crippen LogP contribution is -2.26. The van der Waals surface area contributed by atoms with Crippen molar-refractivity contribution in [3.8, 4) is 0 Å². The van der Waals surface area contributed by atoms with E-state index in [1.165, 1.54) is 17.5 Å². The van der Waals surface area contributed by atoms with Crippen molar-refractivity contribution in [2.45, 2.75) is 19.4 Å². The van der Waals surface area contributed by atoms with E-state index in [0.29, 0.717) is 12.4 Å². The predicted molar refractivity (Wildman–Crippen MR) is 77.7 cm³/mol. The minimum absolute atomic E-state index is 0.112. The van der Waals surface area contributed by atoms with Gasteiger partial charge in [-0.05, 0) is 25.0 Å². The molecule has 2 aromatic heterocycles. The van der Waals surface area contributed by atoms with Crippen molar-refractivity contribution in [1.82, 2.24) is 14.8 Å². The minimum Gasteiger partial charge on any atom is -0.384 e. The summed E-state index contributed by atoms with van der Waals surface area (Å²) in [4.78, 5) is 18.5. The zero-order valence-corrected chi connectivity index (χ0v) is 11.2. The van der Waals surface area contributed by atoms with Crippen molar-refractivity contribution in [1.29, 1.82) is 0 Å². The molecule has 1 aliphatic rings. The van der Waals surface area contributed by atoms with E-state index >= 15 is 0 Å². The van der Waals surface area contributed by atoms with Gasteiger partial charge in [0.2, 0.25) is 0 Å². The Morgan fingerprint density at radius 3 is 2.75 bits per heavy atom. The molecule has 0 unspecified atom stereocenters. The molecule has 3 rings (SSSR count). The fraction of sp³-hybridized carbons (Fsp3) is 0.357. The first-order chi connectivity index (χ1) is 9.72. The third-order valence-corrected chi connectivity index (χ3v) is 3.47. The van der Waals surface area contributed by atoms with Crippen LogP contribution in [0, 0.1) is 0 Å². The molecule has 0 aliphatic carbocycles. The largest absolute Gasteiger partial charge is 0.384 e. The second kappa shape index (κ2) is 5.32. The zero-order valence-electron chi connectivity index (χ0n) is 11.2. The maximum absolute atomic E-state index is 12.1. The minimum atomic E-state index is -0.112. The maximum Gasteiger partial charge on any atom is 0.269 e. The quantitative estimate of drug-likeness (QED) is 0.896. The molecule has 0 atom stereocenters. The molecule has 104 valence electrons. The van der Waals surface area contributed by atoms with Gasteiger partial charge >= 0.3 is 0 Å². The Labute approximate surface area is 116 Å². The standard InChI is InChI=1S/C14H17N5O/c15-13-5-3-4-11(17-13)10-19-14(20)8-12(9-16-19)18-6-1-2-7-18/h3-5,8-9H,1-2,6-7,10H2,(H2,15,17). The number of hydrogen-bond donors (Lipinski definition) is 1. The number of rotatable bonds is 3. The third kappa shape index (κ3) is 2.64. The van der Waals surface area contributed by atoms with Crippen LogP contribution < -0.4 is 16.2 Å². The SMILES string of the molecule is Nc1cccc(Cn2ncc(N3CCCC3)cc2=O)n1. The molecule has 0 saturated carbocycles. The molecular weight excluding hydrogens is 254 g/mol. The average molecular weight is 271 g/mol. The van der Waals surface area contributed by atoms with E-state index in [4.69, 9.17) is 5.73 Å². The number of nitrogens with two attached hydrogens (primary N) is 1. The van der Waals surface area contributed by atoms with Gasteiger partial charge in [-0.3, -0.25) is 4.79 Å². The van der Waals surface area contributed by atoms with E-state index in [0.717, 1.165) is 24.5 Å². The van der Waals surface area contributed by atoms with Crippen LogP contribution in [-0.2, 0) is 6.54 Å². The highest BCUT2D eigenvalue weighted by molar-refractivity contribution is 5.43. The molecule has 0 radical (unpaired) electrons. The zero-order chi connectivity index (χ0) is 13.9. The molecule has 2 aromatic rings. The van der Waals surface area contributed by atoms with Crippen molar-refractivity contribution < 1.29 is 0 Å². The van der Waals surface area contributed by atoms with Crippen LogP contribution in [0.3, 0.4) is 0 Å². The van der Waals surface area contributed by atoms with E-state index in [1.807, 2.05) is 12.1 Å². The van der Waals surface area contributed by atoms with Crippen molar-refractivity contribution in [3.05, 3.63) is 46.5 Å². The number of nitrogen functional groups attached to an aromatic ring is 1. The Balaban J connectivity index is 1.82. The molecule has 0 bridgehead atoms. The van der Waals surface area contributed by atoms with Crippen LogP contribution >= 0.6 is 0 Å². The summed E-state index contributed by atoms with van der Waals surface area (Å²) in [6.45, 7) is 2.34. The molecular formula is C14H17N5O. The van der Waals surface area contributed by atoms with Crippen LogP contribution in [0.4, 0.5) is 11.5 Å². The number of anilines is 2. The van der Waals surface area contributed by atoms with Gasteiger partial charge in [0.15, 0.2) is 0 Å². The van der Waals surface area contributed by atoms with Gasteiger partial charge < -0.3 is 10.6 Å². The summed E-state index contributed by atoms with van der Waals surface area (Å²) in [5.74, 6) is 0.448. The number of hydrogen-bond acceptors (Lipinski definition) is 5. The molecule has 3 heterocycles. The second-order valence-corrected chi connectivity index (χ2v) is 4.96. The van der Waals surface area contributed by atoms with Gasteiger partial charge in [-0.1, -0.05) is 6.07 Å². The summed E-state index contributed by atoms with van der Waals surface area (Å²) in [5.41, 5.74) is 7.16. The van der Waals surface area contributed by atoms with Gasteiger partial charge in [0.25, 0.3) is 5.56 Å². The Kier molecular flexibility index (Phi) is 3.37. The van der Waals surface area contributed by atoms with Crippen LogP contribution in [0.25, 0.3) is 0 Å². The lowest BCUT2D eigenvalue weighted by atomic mass is 10.3. The number of nitrogens with zero attached hydrogens (tertiary/aromatic N) is 4. The summed E-state index contributed by atoms with van der Waals surface area (Å²) < 4.78 is 1.40. The summed E-state index contributed by atoms with van der Waals surface area (Å²) >= 11 is 0. The van der Waals surface area contributed by atoms with Crippen LogP contribution in [-0.4, -0.2) is 27.9 Å². The summed E-state index contributed by atoms with van der Waals surface area (Å²) in [6, 6.07) is 7.01. The topological polar surface area (TPSA) is 77.0 Å². The van der Waals surface area contributed by atoms with E-state index in [1.54, 1.807) is 18.3 Å². The molecule has 6 nitrogen and oxygen atoms in total. The van der Waals surface area contributed by atoms with Gasteiger partial charge in [0.05, 0.1) is 24.1 Å². The monoisotopic (exact) mass is 271 g/mol. The molecule has 1 fully saturated rings. The van der Waals surface area contributed by atoms with Crippen molar-refractivity contribution in [2.24, 2.45) is 0 Å². The highest BCUT2D eigenvalue weighted by atomic mass is 16.1. The van der Waals surface area contributed by atoms with Crippen LogP contribution in [0.5, 0.6) is 0 Å². The van der Waals surface area contributed by atoms with Crippen molar-refractivity contribution >= 4 is 11.5 Å². The van der Waals surface area contributed by atoms with Gasteiger partial charge in [0.1, 0.15) is 5.82 Å². The second-order valence-electron chi connectivity index (χ2n) is 4.96. The Hall–Kier alpha value is -2.37. The van der Waals surface area contributed by atoms with E-state index < -0.39 is 0 Å². The fourth-order valence-corrected chi connectivity index (χ4v) is 2.43. The Morgan fingerprint density at radius 2 is 2.05 bits per heavy atom. The molecule has 2 N–H and O–H groups in total. The maximum atomic E-state index is 12.1. The Bertz CT molecular complexity index is 661. The molecule has 0 spiro atoms. The first-order valence-corrected chi connectivity index (χ1v) is 6.76. The lowest BCUT2D eigenvalue weighted by Gasteiger charge is -2.17. The summed E-state index contributed by atoms with van der Waals surface area (Å²) in [5, 5.41) is 4.23. The third-order valence-electron chi connectivity index (χ3n) is 3.47. The van der Waals surface area contributed by atoms with E-state index in [9.17, 15) is 4.79 Å². The number of aromatic nitrogens is 3. The van der Waals surface area contributed by atoms with E-state index in [-0.39, 0.29) is 5.56 Å². The van der Waals surface area contributed by atoms with Crippen molar-refractivity contribution in [2.75, 3.05) is 23.7 Å². The molecule has 20 heavy (non-hydrogen) atoms. The lowest BCUT2D eigenvalue weighted by molar-refractivity contribution is 0.627. The normalized spacial score (nSPS) is 14.7. The highest BCUT2D eigenvalue weighted by Gasteiger charge is 2.13. The molecule has 0 aromatic carbocycles. The van der Waals surface area contributed by atoms with Gasteiger partial charge in [-0.2, -0.15) is 5.10 Å². The molecule has 1 aliphatic heterocycles. The first-order valence-electron chi connectivity index (χ1n) is 6.76. The highest BCUT2D eigenvalue weighted by Crippen LogP contribution is 2.16. The first kappa shape index (κ1) is 12.7. The summed E-state index contributed by atoms with van der Waals surface area (Å²) in [7, 11) is 0. The van der Waals surface area contributed by atoms with Crippen LogP contribution in [0.1, 0.15) is 18.5 Å². The number of pyridine rings is 1. The molecule has 1 saturated heterocycles. The molecule has 6 heteroatoms. The van der Waals surface area contributed by atoms with Crippen molar-refractivity contribution in [3.63, 3.8) is 0 Å². The van der Waals surface area contributed by atoms with Gasteiger partial charge in [-0.25, -0.2) is 9.67 Å². The van der Waals surface area contributed by atoms with Crippen LogP contribution in [0.15, 0.2) is 35.3 Å². The smallest absolute Gasteiger partial charge is 0.269 e. The predicted octanol–water partition coefficient (Wildman–Crippen LogP) is 0.869. The fourth-order valence-electron chi connectivity index (χ4n) is 2.43. The molecule has 0 amide bonds.